The predicted molar refractivity (Wildman–Crippen MR) is 89.5 cm³/mol. The summed E-state index contributed by atoms with van der Waals surface area (Å²) < 4.78 is 0. The van der Waals surface area contributed by atoms with Crippen molar-refractivity contribution in [3.63, 3.8) is 0 Å². The van der Waals surface area contributed by atoms with Crippen molar-refractivity contribution in [3.05, 3.63) is 65.7 Å². The maximum absolute atomic E-state index is 12.3. The summed E-state index contributed by atoms with van der Waals surface area (Å²) >= 11 is 5.52. The SMILES string of the molecule is Cc1ccc(N[C@@H](Cc2ccccc2)C(=O)C(=O)CCl)cc1. The van der Waals surface area contributed by atoms with Gasteiger partial charge >= 0.3 is 0 Å². The molecular weight excluding hydrogens is 298 g/mol. The van der Waals surface area contributed by atoms with Gasteiger partial charge in [-0.1, -0.05) is 48.0 Å². The number of ketones is 2. The van der Waals surface area contributed by atoms with Crippen LogP contribution in [0.15, 0.2) is 54.6 Å². The Morgan fingerprint density at radius 2 is 1.68 bits per heavy atom. The van der Waals surface area contributed by atoms with Crippen LogP contribution in [0.3, 0.4) is 0 Å². The molecule has 2 aromatic carbocycles. The van der Waals surface area contributed by atoms with Crippen molar-refractivity contribution in [2.24, 2.45) is 0 Å². The van der Waals surface area contributed by atoms with Crippen LogP contribution in [0.2, 0.25) is 0 Å². The van der Waals surface area contributed by atoms with Gasteiger partial charge in [-0.2, -0.15) is 0 Å². The molecule has 114 valence electrons. The number of nitrogens with one attached hydrogen (secondary N) is 1. The molecule has 2 rings (SSSR count). The third-order valence-corrected chi connectivity index (χ3v) is 3.63. The van der Waals surface area contributed by atoms with Crippen molar-refractivity contribution in [1.82, 2.24) is 0 Å². The fourth-order valence-electron chi connectivity index (χ4n) is 2.17. The minimum atomic E-state index is -0.614. The van der Waals surface area contributed by atoms with Crippen molar-refractivity contribution < 1.29 is 9.59 Å². The highest BCUT2D eigenvalue weighted by molar-refractivity contribution is 6.48. The average Bonchev–Trinajstić information content (AvgIpc) is 2.55. The smallest absolute Gasteiger partial charge is 0.222 e. The minimum Gasteiger partial charge on any atom is -0.375 e. The lowest BCUT2D eigenvalue weighted by Gasteiger charge is -2.18. The van der Waals surface area contributed by atoms with Gasteiger partial charge in [0.1, 0.15) is 0 Å². The molecular formula is C18H18ClNO2. The highest BCUT2D eigenvalue weighted by Gasteiger charge is 2.24. The maximum Gasteiger partial charge on any atom is 0.222 e. The Bertz CT molecular complexity index is 638. The molecule has 0 aromatic heterocycles. The maximum atomic E-state index is 12.3. The summed E-state index contributed by atoms with van der Waals surface area (Å²) in [4.78, 5) is 23.9. The largest absolute Gasteiger partial charge is 0.375 e. The lowest BCUT2D eigenvalue weighted by Crippen LogP contribution is -2.37. The Balaban J connectivity index is 2.19. The van der Waals surface area contributed by atoms with E-state index in [2.05, 4.69) is 5.32 Å². The number of hydrogen-bond donors (Lipinski definition) is 1. The van der Waals surface area contributed by atoms with E-state index in [-0.39, 0.29) is 5.88 Å². The third kappa shape index (κ3) is 4.43. The lowest BCUT2D eigenvalue weighted by atomic mass is 10.00. The second-order valence-corrected chi connectivity index (χ2v) is 5.44. The molecule has 0 unspecified atom stereocenters. The van der Waals surface area contributed by atoms with Crippen LogP contribution >= 0.6 is 11.6 Å². The fourth-order valence-corrected chi connectivity index (χ4v) is 2.30. The van der Waals surface area contributed by atoms with E-state index < -0.39 is 17.6 Å². The molecule has 0 fully saturated rings. The summed E-state index contributed by atoms with van der Waals surface area (Å²) in [6.45, 7) is 1.99. The molecule has 0 aliphatic carbocycles. The number of benzene rings is 2. The first-order valence-corrected chi connectivity index (χ1v) is 7.63. The van der Waals surface area contributed by atoms with Gasteiger partial charge in [-0.25, -0.2) is 0 Å². The van der Waals surface area contributed by atoms with Crippen LogP contribution in [0.25, 0.3) is 0 Å². The first-order valence-electron chi connectivity index (χ1n) is 7.10. The number of carbonyl (C=O) groups is 2. The van der Waals surface area contributed by atoms with Crippen molar-refractivity contribution in [1.29, 1.82) is 0 Å². The fraction of sp³-hybridized carbons (Fsp3) is 0.222. The topological polar surface area (TPSA) is 46.2 Å². The van der Waals surface area contributed by atoms with Gasteiger partial charge in [-0.05, 0) is 24.6 Å². The van der Waals surface area contributed by atoms with Crippen molar-refractivity contribution in [2.45, 2.75) is 19.4 Å². The highest BCUT2D eigenvalue weighted by Crippen LogP contribution is 2.14. The van der Waals surface area contributed by atoms with Crippen molar-refractivity contribution in [3.8, 4) is 0 Å². The summed E-state index contributed by atoms with van der Waals surface area (Å²) in [5.41, 5.74) is 2.93. The first kappa shape index (κ1) is 16.2. The number of aryl methyl sites for hydroxylation is 1. The normalized spacial score (nSPS) is 11.7. The molecule has 0 bridgehead atoms. The Hall–Kier alpha value is -2.13. The molecule has 0 aliphatic rings. The van der Waals surface area contributed by atoms with Gasteiger partial charge in [-0.3, -0.25) is 9.59 Å². The molecule has 0 heterocycles. The van der Waals surface area contributed by atoms with Crippen LogP contribution in [0.1, 0.15) is 11.1 Å². The van der Waals surface area contributed by atoms with Crippen LogP contribution in [-0.2, 0) is 16.0 Å². The second kappa shape index (κ2) is 7.76. The van der Waals surface area contributed by atoms with Crippen LogP contribution in [0.4, 0.5) is 5.69 Å². The number of halogens is 1. The Morgan fingerprint density at radius 1 is 1.05 bits per heavy atom. The van der Waals surface area contributed by atoms with Crippen LogP contribution in [0.5, 0.6) is 0 Å². The molecule has 4 heteroatoms. The number of anilines is 1. The van der Waals surface area contributed by atoms with E-state index in [0.717, 1.165) is 16.8 Å². The van der Waals surface area contributed by atoms with Crippen LogP contribution in [0, 0.1) is 6.92 Å². The highest BCUT2D eigenvalue weighted by atomic mass is 35.5. The zero-order valence-electron chi connectivity index (χ0n) is 12.4. The van der Waals surface area contributed by atoms with Gasteiger partial charge < -0.3 is 5.32 Å². The number of Topliss-reactive ketones (excluding diaryl/α,β-unsaturated/α-hetero) is 2. The second-order valence-electron chi connectivity index (χ2n) is 5.17. The molecule has 0 radical (unpaired) electrons. The first-order chi connectivity index (χ1) is 10.6. The third-order valence-electron chi connectivity index (χ3n) is 3.39. The van der Waals surface area contributed by atoms with E-state index in [1.807, 2.05) is 61.5 Å². The molecule has 1 atom stereocenters. The van der Waals surface area contributed by atoms with Gasteiger partial charge in [0, 0.05) is 12.1 Å². The lowest BCUT2D eigenvalue weighted by molar-refractivity contribution is -0.135. The van der Waals surface area contributed by atoms with Crippen molar-refractivity contribution >= 4 is 28.9 Å². The Kier molecular flexibility index (Phi) is 5.73. The van der Waals surface area contributed by atoms with E-state index >= 15 is 0 Å². The van der Waals surface area contributed by atoms with Gasteiger partial charge in [0.15, 0.2) is 0 Å². The summed E-state index contributed by atoms with van der Waals surface area (Å²) in [5, 5.41) is 3.14. The van der Waals surface area contributed by atoms with Crippen molar-refractivity contribution in [2.75, 3.05) is 11.2 Å². The van der Waals surface area contributed by atoms with E-state index in [4.69, 9.17) is 11.6 Å². The number of carbonyl (C=O) groups excluding carboxylic acids is 2. The summed E-state index contributed by atoms with van der Waals surface area (Å²) in [6.07, 6.45) is 0.441. The van der Waals surface area contributed by atoms with Crippen LogP contribution in [-0.4, -0.2) is 23.5 Å². The molecule has 0 aliphatic heterocycles. The number of rotatable bonds is 7. The average molecular weight is 316 g/mol. The quantitative estimate of drug-likeness (QED) is 0.629. The summed E-state index contributed by atoms with van der Waals surface area (Å²) in [5.74, 6) is -1.35. The Labute approximate surface area is 135 Å². The van der Waals surface area contributed by atoms with Gasteiger partial charge in [0.05, 0.1) is 11.9 Å². The van der Waals surface area contributed by atoms with Gasteiger partial charge in [0.25, 0.3) is 0 Å². The molecule has 22 heavy (non-hydrogen) atoms. The standard InChI is InChI=1S/C18H18ClNO2/c1-13-7-9-15(10-8-13)20-16(18(22)17(21)12-19)11-14-5-3-2-4-6-14/h2-10,16,20H,11-12H2,1H3/t16-/m0/s1. The Morgan fingerprint density at radius 3 is 2.27 bits per heavy atom. The summed E-state index contributed by atoms with van der Waals surface area (Å²) in [7, 11) is 0. The van der Waals surface area contributed by atoms with E-state index in [1.54, 1.807) is 0 Å². The molecule has 0 saturated carbocycles. The van der Waals surface area contributed by atoms with Gasteiger partial charge in [0.2, 0.25) is 11.6 Å². The molecule has 3 nitrogen and oxygen atoms in total. The molecule has 2 aromatic rings. The predicted octanol–water partition coefficient (Wildman–Crippen LogP) is 3.40. The molecule has 1 N–H and O–H groups in total. The molecule has 0 amide bonds. The molecule has 0 spiro atoms. The summed E-state index contributed by atoms with van der Waals surface area (Å²) in [6, 6.07) is 16.7. The van der Waals surface area contributed by atoms with E-state index in [0.29, 0.717) is 6.42 Å². The minimum absolute atomic E-state index is 0.292. The zero-order chi connectivity index (χ0) is 15.9. The van der Waals surface area contributed by atoms with E-state index in [1.165, 1.54) is 0 Å². The zero-order valence-corrected chi connectivity index (χ0v) is 13.1. The van der Waals surface area contributed by atoms with Gasteiger partial charge in [-0.15, -0.1) is 11.6 Å². The number of alkyl halides is 1. The molecule has 0 saturated heterocycles. The monoisotopic (exact) mass is 315 g/mol. The number of hydrogen-bond acceptors (Lipinski definition) is 3. The van der Waals surface area contributed by atoms with Crippen LogP contribution < -0.4 is 5.32 Å². The van der Waals surface area contributed by atoms with E-state index in [9.17, 15) is 9.59 Å².